The van der Waals surface area contributed by atoms with Gasteiger partial charge in [0, 0.05) is 6.54 Å². The number of rotatable bonds is 7. The second-order valence-electron chi connectivity index (χ2n) is 5.55. The maximum absolute atomic E-state index is 11.1. The summed E-state index contributed by atoms with van der Waals surface area (Å²) >= 11 is 0. The van der Waals surface area contributed by atoms with E-state index in [2.05, 4.69) is 12.2 Å². The molecule has 106 valence electrons. The summed E-state index contributed by atoms with van der Waals surface area (Å²) in [5.41, 5.74) is -0.698. The lowest BCUT2D eigenvalue weighted by Crippen LogP contribution is -2.47. The Morgan fingerprint density at radius 2 is 1.89 bits per heavy atom. The first kappa shape index (κ1) is 15.4. The average Bonchev–Trinajstić information content (AvgIpc) is 2.54. The van der Waals surface area contributed by atoms with Crippen LogP contribution in [-0.4, -0.2) is 34.4 Å². The Labute approximate surface area is 110 Å². The van der Waals surface area contributed by atoms with Gasteiger partial charge in [0.2, 0.25) is 0 Å². The Balaban J connectivity index is 2.41. The van der Waals surface area contributed by atoms with Crippen molar-refractivity contribution in [3.8, 4) is 0 Å². The van der Waals surface area contributed by atoms with Gasteiger partial charge < -0.3 is 15.5 Å². The van der Waals surface area contributed by atoms with Crippen LogP contribution >= 0.6 is 0 Å². The van der Waals surface area contributed by atoms with Crippen LogP contribution < -0.4 is 5.32 Å². The molecular weight excluding hydrogens is 230 g/mol. The van der Waals surface area contributed by atoms with Crippen LogP contribution in [0.5, 0.6) is 0 Å². The molecule has 1 rings (SSSR count). The van der Waals surface area contributed by atoms with E-state index >= 15 is 0 Å². The highest BCUT2D eigenvalue weighted by molar-refractivity contribution is 5.73. The molecule has 1 saturated carbocycles. The van der Waals surface area contributed by atoms with Crippen LogP contribution in [-0.2, 0) is 4.79 Å². The summed E-state index contributed by atoms with van der Waals surface area (Å²) in [7, 11) is 0. The van der Waals surface area contributed by atoms with Gasteiger partial charge >= 0.3 is 5.97 Å². The maximum atomic E-state index is 11.1. The molecule has 1 unspecified atom stereocenters. The Bertz CT molecular complexity index is 247. The van der Waals surface area contributed by atoms with Crippen molar-refractivity contribution in [2.24, 2.45) is 0 Å². The van der Waals surface area contributed by atoms with Gasteiger partial charge in [0.25, 0.3) is 0 Å². The summed E-state index contributed by atoms with van der Waals surface area (Å²) in [5, 5.41) is 22.6. The summed E-state index contributed by atoms with van der Waals surface area (Å²) in [5.74, 6) is -0.805. The number of nitrogens with one attached hydrogen (secondary N) is 1. The molecule has 3 N–H and O–H groups in total. The Morgan fingerprint density at radius 3 is 2.39 bits per heavy atom. The Kier molecular flexibility index (Phi) is 6.65. The molecule has 0 aromatic carbocycles. The van der Waals surface area contributed by atoms with Crippen LogP contribution in [0.4, 0.5) is 0 Å². The predicted molar refractivity (Wildman–Crippen MR) is 71.6 cm³/mol. The van der Waals surface area contributed by atoms with E-state index in [-0.39, 0.29) is 0 Å². The number of carboxylic acid groups (broad SMARTS) is 1. The molecule has 0 amide bonds. The highest BCUT2D eigenvalue weighted by Crippen LogP contribution is 2.26. The normalized spacial score (nSPS) is 21.2. The first-order valence-corrected chi connectivity index (χ1v) is 7.26. The molecule has 4 nitrogen and oxygen atoms in total. The predicted octanol–water partition coefficient (Wildman–Crippen LogP) is 2.30. The maximum Gasteiger partial charge on any atom is 0.320 e. The third-order valence-electron chi connectivity index (χ3n) is 3.86. The van der Waals surface area contributed by atoms with Crippen molar-refractivity contribution < 1.29 is 15.0 Å². The van der Waals surface area contributed by atoms with E-state index in [1.807, 2.05) is 0 Å². The first-order chi connectivity index (χ1) is 8.57. The average molecular weight is 257 g/mol. The topological polar surface area (TPSA) is 69.6 Å². The van der Waals surface area contributed by atoms with Crippen molar-refractivity contribution in [3.63, 3.8) is 0 Å². The fraction of sp³-hybridized carbons (Fsp3) is 0.929. The number of aliphatic carboxylic acids is 1. The molecule has 1 fully saturated rings. The summed E-state index contributed by atoms with van der Waals surface area (Å²) < 4.78 is 0. The van der Waals surface area contributed by atoms with E-state index in [9.17, 15) is 9.90 Å². The number of unbranched alkanes of at least 4 members (excludes halogenated alkanes) is 1. The van der Waals surface area contributed by atoms with Crippen LogP contribution in [0.3, 0.4) is 0 Å². The van der Waals surface area contributed by atoms with E-state index in [1.165, 1.54) is 12.8 Å². The van der Waals surface area contributed by atoms with E-state index in [0.717, 1.165) is 38.5 Å². The fourth-order valence-electron chi connectivity index (χ4n) is 2.60. The second-order valence-corrected chi connectivity index (χ2v) is 5.55. The molecule has 0 saturated heterocycles. The zero-order chi connectivity index (χ0) is 13.4. The van der Waals surface area contributed by atoms with Crippen LogP contribution in [0, 0.1) is 0 Å². The lowest BCUT2D eigenvalue weighted by atomic mass is 9.94. The monoisotopic (exact) mass is 257 g/mol. The molecule has 1 aliphatic rings. The highest BCUT2D eigenvalue weighted by atomic mass is 16.4. The molecule has 0 radical (unpaired) electrons. The number of hydrogen-bond acceptors (Lipinski definition) is 3. The fourth-order valence-corrected chi connectivity index (χ4v) is 2.60. The minimum atomic E-state index is -0.805. The van der Waals surface area contributed by atoms with Crippen molar-refractivity contribution in [2.75, 3.05) is 6.54 Å². The van der Waals surface area contributed by atoms with Crippen LogP contribution in [0.2, 0.25) is 0 Å². The van der Waals surface area contributed by atoms with Gasteiger partial charge in [-0.2, -0.15) is 0 Å². The van der Waals surface area contributed by atoms with Gasteiger partial charge in [0.05, 0.1) is 5.60 Å². The third-order valence-corrected chi connectivity index (χ3v) is 3.86. The standard InChI is InChI=1S/C14H27NO3/c1-2-3-8-12(13(16)17)15-11-14(18)9-6-4-5-7-10-14/h12,15,18H,2-11H2,1H3,(H,16,17). The summed E-state index contributed by atoms with van der Waals surface area (Å²) in [6.07, 6.45) is 8.58. The summed E-state index contributed by atoms with van der Waals surface area (Å²) in [4.78, 5) is 11.1. The van der Waals surface area contributed by atoms with Crippen molar-refractivity contribution in [3.05, 3.63) is 0 Å². The molecule has 0 aromatic rings. The van der Waals surface area contributed by atoms with Crippen molar-refractivity contribution in [1.29, 1.82) is 0 Å². The van der Waals surface area contributed by atoms with E-state index in [4.69, 9.17) is 5.11 Å². The van der Waals surface area contributed by atoms with E-state index in [1.54, 1.807) is 0 Å². The Morgan fingerprint density at radius 1 is 1.28 bits per heavy atom. The molecule has 1 atom stereocenters. The summed E-state index contributed by atoms with van der Waals surface area (Å²) in [6, 6.07) is -0.516. The molecule has 0 bridgehead atoms. The lowest BCUT2D eigenvalue weighted by Gasteiger charge is -2.28. The highest BCUT2D eigenvalue weighted by Gasteiger charge is 2.29. The van der Waals surface area contributed by atoms with Gasteiger partial charge in [-0.15, -0.1) is 0 Å². The largest absolute Gasteiger partial charge is 0.480 e. The molecule has 0 heterocycles. The number of carbonyl (C=O) groups is 1. The zero-order valence-corrected chi connectivity index (χ0v) is 11.5. The van der Waals surface area contributed by atoms with Crippen molar-refractivity contribution >= 4 is 5.97 Å². The molecule has 18 heavy (non-hydrogen) atoms. The quantitative estimate of drug-likeness (QED) is 0.612. The van der Waals surface area contributed by atoms with Crippen LogP contribution in [0.15, 0.2) is 0 Å². The molecule has 0 aromatic heterocycles. The summed E-state index contributed by atoms with van der Waals surface area (Å²) in [6.45, 7) is 2.46. The SMILES string of the molecule is CCCCC(NCC1(O)CCCCCC1)C(=O)O. The van der Waals surface area contributed by atoms with Gasteiger partial charge in [0.1, 0.15) is 6.04 Å². The van der Waals surface area contributed by atoms with Crippen LogP contribution in [0.25, 0.3) is 0 Å². The molecule has 4 heteroatoms. The van der Waals surface area contributed by atoms with Gasteiger partial charge in [-0.1, -0.05) is 45.4 Å². The number of carboxylic acids is 1. The number of hydrogen-bond donors (Lipinski definition) is 3. The molecule has 1 aliphatic carbocycles. The Hall–Kier alpha value is -0.610. The molecule has 0 spiro atoms. The first-order valence-electron chi connectivity index (χ1n) is 7.26. The van der Waals surface area contributed by atoms with Gasteiger partial charge in [0.15, 0.2) is 0 Å². The van der Waals surface area contributed by atoms with E-state index < -0.39 is 17.6 Å². The van der Waals surface area contributed by atoms with Gasteiger partial charge in [-0.3, -0.25) is 4.79 Å². The smallest absolute Gasteiger partial charge is 0.320 e. The molecular formula is C14H27NO3. The third kappa shape index (κ3) is 5.36. The minimum Gasteiger partial charge on any atom is -0.480 e. The van der Waals surface area contributed by atoms with E-state index in [0.29, 0.717) is 13.0 Å². The van der Waals surface area contributed by atoms with Gasteiger partial charge in [-0.05, 0) is 19.3 Å². The minimum absolute atomic E-state index is 0.410. The van der Waals surface area contributed by atoms with Crippen molar-refractivity contribution in [2.45, 2.75) is 76.4 Å². The lowest BCUT2D eigenvalue weighted by molar-refractivity contribution is -0.140. The number of aliphatic hydroxyl groups is 1. The molecule has 0 aliphatic heterocycles. The second kappa shape index (κ2) is 7.74. The van der Waals surface area contributed by atoms with Gasteiger partial charge in [-0.25, -0.2) is 0 Å². The zero-order valence-electron chi connectivity index (χ0n) is 11.5. The van der Waals surface area contributed by atoms with Crippen molar-refractivity contribution in [1.82, 2.24) is 5.32 Å². The van der Waals surface area contributed by atoms with Crippen LogP contribution in [0.1, 0.15) is 64.7 Å².